The highest BCUT2D eigenvalue weighted by Crippen LogP contribution is 2.33. The van der Waals surface area contributed by atoms with Crippen molar-refractivity contribution in [3.05, 3.63) is 29.7 Å². The van der Waals surface area contributed by atoms with Gasteiger partial charge < -0.3 is 10.2 Å². The van der Waals surface area contributed by atoms with Crippen molar-refractivity contribution in [2.75, 3.05) is 0 Å². The number of nitrogens with zero attached hydrogens (tertiary/aromatic N) is 1. The largest absolute Gasteiger partial charge is 0.440 e. The average molecular weight is 230 g/mol. The maximum absolute atomic E-state index is 5.92. The molecule has 0 radical (unpaired) electrons. The summed E-state index contributed by atoms with van der Waals surface area (Å²) in [6.07, 6.45) is 4.38. The van der Waals surface area contributed by atoms with E-state index in [1.54, 1.807) is 0 Å². The third-order valence-corrected chi connectivity index (χ3v) is 3.75. The number of aryl methyl sites for hydroxylation is 1. The first-order chi connectivity index (χ1) is 8.24. The summed E-state index contributed by atoms with van der Waals surface area (Å²) in [5, 5.41) is 0. The zero-order valence-corrected chi connectivity index (χ0v) is 10.1. The first-order valence-electron chi connectivity index (χ1n) is 6.35. The summed E-state index contributed by atoms with van der Waals surface area (Å²) in [7, 11) is 0. The van der Waals surface area contributed by atoms with Gasteiger partial charge >= 0.3 is 0 Å². The minimum absolute atomic E-state index is 0.373. The molecule has 1 aromatic heterocycles. The fourth-order valence-electron chi connectivity index (χ4n) is 2.64. The van der Waals surface area contributed by atoms with Crippen LogP contribution in [0.4, 0.5) is 0 Å². The third-order valence-electron chi connectivity index (χ3n) is 3.75. The lowest BCUT2D eigenvalue weighted by Gasteiger charge is -2.23. The normalized spacial score (nSPS) is 25.3. The molecule has 0 aliphatic heterocycles. The van der Waals surface area contributed by atoms with E-state index in [1.165, 1.54) is 0 Å². The molecule has 1 aliphatic rings. The Hall–Kier alpha value is -1.35. The van der Waals surface area contributed by atoms with Crippen LogP contribution in [0, 0.1) is 6.92 Å². The van der Waals surface area contributed by atoms with Crippen LogP contribution in [-0.2, 0) is 0 Å². The standard InChI is InChI=1S/C14H18N2O/c1-9-3-2-4-12-13(9)17-14(16-12)10-5-7-11(15)8-6-10/h2-4,10-11H,5-8,15H2,1H3. The lowest BCUT2D eigenvalue weighted by Crippen LogP contribution is -2.25. The molecule has 1 fully saturated rings. The van der Waals surface area contributed by atoms with E-state index in [9.17, 15) is 0 Å². The van der Waals surface area contributed by atoms with Gasteiger partial charge in [-0.25, -0.2) is 4.98 Å². The molecule has 0 spiro atoms. The Kier molecular flexibility index (Phi) is 2.63. The summed E-state index contributed by atoms with van der Waals surface area (Å²) in [4.78, 5) is 4.61. The predicted octanol–water partition coefficient (Wildman–Crippen LogP) is 3.12. The molecule has 90 valence electrons. The summed E-state index contributed by atoms with van der Waals surface area (Å²) in [5.41, 5.74) is 9.01. The van der Waals surface area contributed by atoms with E-state index in [0.29, 0.717) is 12.0 Å². The molecule has 1 heterocycles. The second-order valence-electron chi connectivity index (χ2n) is 5.09. The van der Waals surface area contributed by atoms with Gasteiger partial charge in [-0.2, -0.15) is 0 Å². The van der Waals surface area contributed by atoms with E-state index < -0.39 is 0 Å². The van der Waals surface area contributed by atoms with Gasteiger partial charge in [0.15, 0.2) is 11.5 Å². The van der Waals surface area contributed by atoms with Crippen LogP contribution in [0.25, 0.3) is 11.1 Å². The second kappa shape index (κ2) is 4.15. The molecule has 1 aromatic carbocycles. The molecule has 3 nitrogen and oxygen atoms in total. The first kappa shape index (κ1) is 10.8. The molecule has 0 unspecified atom stereocenters. The van der Waals surface area contributed by atoms with Gasteiger partial charge in [-0.1, -0.05) is 12.1 Å². The van der Waals surface area contributed by atoms with Gasteiger partial charge in [-0.15, -0.1) is 0 Å². The van der Waals surface area contributed by atoms with Crippen molar-refractivity contribution in [3.8, 4) is 0 Å². The summed E-state index contributed by atoms with van der Waals surface area (Å²) in [5.74, 6) is 1.36. The van der Waals surface area contributed by atoms with Crippen LogP contribution in [0.15, 0.2) is 22.6 Å². The van der Waals surface area contributed by atoms with Crippen molar-refractivity contribution in [1.82, 2.24) is 4.98 Å². The molecule has 1 saturated carbocycles. The number of nitrogens with two attached hydrogens (primary N) is 1. The maximum atomic E-state index is 5.92. The number of fused-ring (bicyclic) bond motifs is 1. The van der Waals surface area contributed by atoms with E-state index in [-0.39, 0.29) is 0 Å². The predicted molar refractivity (Wildman–Crippen MR) is 67.9 cm³/mol. The van der Waals surface area contributed by atoms with Gasteiger partial charge in [-0.3, -0.25) is 0 Å². The van der Waals surface area contributed by atoms with Crippen LogP contribution in [0.3, 0.4) is 0 Å². The number of hydrogen-bond donors (Lipinski definition) is 1. The highest BCUT2D eigenvalue weighted by atomic mass is 16.3. The zero-order valence-electron chi connectivity index (χ0n) is 10.1. The lowest BCUT2D eigenvalue weighted by atomic mass is 9.86. The van der Waals surface area contributed by atoms with Crippen LogP contribution in [-0.4, -0.2) is 11.0 Å². The van der Waals surface area contributed by atoms with Gasteiger partial charge in [0.05, 0.1) is 0 Å². The summed E-state index contributed by atoms with van der Waals surface area (Å²) in [6, 6.07) is 6.48. The number of para-hydroxylation sites is 1. The van der Waals surface area contributed by atoms with Crippen molar-refractivity contribution >= 4 is 11.1 Å². The van der Waals surface area contributed by atoms with Crippen molar-refractivity contribution < 1.29 is 4.42 Å². The molecule has 3 rings (SSSR count). The van der Waals surface area contributed by atoms with Gasteiger partial charge in [0.1, 0.15) is 5.52 Å². The fraction of sp³-hybridized carbons (Fsp3) is 0.500. The van der Waals surface area contributed by atoms with Crippen molar-refractivity contribution in [2.24, 2.45) is 5.73 Å². The van der Waals surface area contributed by atoms with Crippen LogP contribution >= 0.6 is 0 Å². The Morgan fingerprint density at radius 1 is 1.24 bits per heavy atom. The Labute approximate surface area is 101 Å². The molecule has 3 heteroatoms. The molecular formula is C14H18N2O. The first-order valence-corrected chi connectivity index (χ1v) is 6.35. The zero-order chi connectivity index (χ0) is 11.8. The van der Waals surface area contributed by atoms with Crippen LogP contribution in [0.5, 0.6) is 0 Å². The van der Waals surface area contributed by atoms with E-state index in [1.807, 2.05) is 12.1 Å². The third kappa shape index (κ3) is 1.95. The highest BCUT2D eigenvalue weighted by molar-refractivity contribution is 5.76. The topological polar surface area (TPSA) is 52.0 Å². The minimum atomic E-state index is 0.373. The number of rotatable bonds is 1. The number of aromatic nitrogens is 1. The van der Waals surface area contributed by atoms with E-state index in [4.69, 9.17) is 10.2 Å². The fourth-order valence-corrected chi connectivity index (χ4v) is 2.64. The Morgan fingerprint density at radius 2 is 2.00 bits per heavy atom. The monoisotopic (exact) mass is 230 g/mol. The smallest absolute Gasteiger partial charge is 0.198 e. The molecule has 0 saturated heterocycles. The molecule has 0 bridgehead atoms. The van der Waals surface area contributed by atoms with E-state index in [2.05, 4.69) is 18.0 Å². The van der Waals surface area contributed by atoms with Gasteiger partial charge in [0.2, 0.25) is 0 Å². The second-order valence-corrected chi connectivity index (χ2v) is 5.09. The molecule has 2 N–H and O–H groups in total. The van der Waals surface area contributed by atoms with Gasteiger partial charge in [-0.05, 0) is 44.2 Å². The summed E-state index contributed by atoms with van der Waals surface area (Å²) in [6.45, 7) is 2.06. The van der Waals surface area contributed by atoms with Crippen molar-refractivity contribution in [3.63, 3.8) is 0 Å². The Morgan fingerprint density at radius 3 is 2.71 bits per heavy atom. The molecule has 1 aliphatic carbocycles. The van der Waals surface area contributed by atoms with E-state index >= 15 is 0 Å². The van der Waals surface area contributed by atoms with Crippen molar-refractivity contribution in [1.29, 1.82) is 0 Å². The molecular weight excluding hydrogens is 212 g/mol. The molecule has 0 amide bonds. The summed E-state index contributed by atoms with van der Waals surface area (Å²) < 4.78 is 5.92. The minimum Gasteiger partial charge on any atom is -0.440 e. The maximum Gasteiger partial charge on any atom is 0.198 e. The lowest BCUT2D eigenvalue weighted by molar-refractivity contribution is 0.346. The summed E-state index contributed by atoms with van der Waals surface area (Å²) >= 11 is 0. The van der Waals surface area contributed by atoms with Gasteiger partial charge in [0, 0.05) is 12.0 Å². The van der Waals surface area contributed by atoms with Crippen LogP contribution in [0.2, 0.25) is 0 Å². The molecule has 0 atom stereocenters. The highest BCUT2D eigenvalue weighted by Gasteiger charge is 2.24. The molecule has 2 aromatic rings. The van der Waals surface area contributed by atoms with Gasteiger partial charge in [0.25, 0.3) is 0 Å². The van der Waals surface area contributed by atoms with E-state index in [0.717, 1.165) is 48.2 Å². The molecule has 17 heavy (non-hydrogen) atoms. The average Bonchev–Trinajstić information content (AvgIpc) is 2.75. The Bertz CT molecular complexity index is 524. The SMILES string of the molecule is Cc1cccc2nc(C3CCC(N)CC3)oc12. The number of benzene rings is 1. The quantitative estimate of drug-likeness (QED) is 0.818. The van der Waals surface area contributed by atoms with Crippen LogP contribution < -0.4 is 5.73 Å². The van der Waals surface area contributed by atoms with Crippen molar-refractivity contribution in [2.45, 2.75) is 44.6 Å². The number of hydrogen-bond acceptors (Lipinski definition) is 3. The van der Waals surface area contributed by atoms with Crippen LogP contribution in [0.1, 0.15) is 43.1 Å². The number of oxazole rings is 1. The Balaban J connectivity index is 1.93.